The number of carbonyl (C=O) groups excluding carboxylic acids is 1. The van der Waals surface area contributed by atoms with Crippen molar-refractivity contribution in [3.63, 3.8) is 0 Å². The summed E-state index contributed by atoms with van der Waals surface area (Å²) in [6.45, 7) is 13.1. The molecule has 2 N–H and O–H groups in total. The number of amides is 1. The smallest absolute Gasteiger partial charge is 0.256 e. The maximum absolute atomic E-state index is 13.5. The molecule has 0 saturated carbocycles. The summed E-state index contributed by atoms with van der Waals surface area (Å²) in [5.41, 5.74) is 1.63. The van der Waals surface area contributed by atoms with E-state index in [0.717, 1.165) is 11.3 Å². The highest BCUT2D eigenvalue weighted by atomic mass is 28.4. The van der Waals surface area contributed by atoms with E-state index in [9.17, 15) is 9.90 Å². The van der Waals surface area contributed by atoms with Gasteiger partial charge in [-0.05, 0) is 60.3 Å². The Hall–Kier alpha value is -2.19. The van der Waals surface area contributed by atoms with Crippen molar-refractivity contribution in [3.05, 3.63) is 60.2 Å². The van der Waals surface area contributed by atoms with Crippen LogP contribution in [0.1, 0.15) is 39.7 Å². The van der Waals surface area contributed by atoms with Crippen LogP contribution in [0.25, 0.3) is 0 Å². The van der Waals surface area contributed by atoms with E-state index in [2.05, 4.69) is 39.2 Å². The van der Waals surface area contributed by atoms with Crippen LogP contribution in [0.15, 0.2) is 54.6 Å². The first-order valence-corrected chi connectivity index (χ1v) is 14.8. The summed E-state index contributed by atoms with van der Waals surface area (Å²) in [6, 6.07) is 16.9. The third-order valence-corrected chi connectivity index (χ3v) is 10.9. The van der Waals surface area contributed by atoms with Gasteiger partial charge in [-0.15, -0.1) is 0 Å². The van der Waals surface area contributed by atoms with Crippen molar-refractivity contribution in [2.45, 2.75) is 71.1 Å². The Labute approximate surface area is 205 Å². The Morgan fingerprint density at radius 2 is 1.68 bits per heavy atom. The van der Waals surface area contributed by atoms with Crippen molar-refractivity contribution in [1.82, 2.24) is 0 Å². The molecular weight excluding hydrogens is 446 g/mol. The molecule has 0 saturated heterocycles. The second-order valence-corrected chi connectivity index (χ2v) is 15.1. The fourth-order valence-electron chi connectivity index (χ4n) is 3.25. The average molecular weight is 488 g/mol. The van der Waals surface area contributed by atoms with Gasteiger partial charge in [0.15, 0.2) is 14.4 Å². The number of anilines is 1. The van der Waals surface area contributed by atoms with Gasteiger partial charge in [0.1, 0.15) is 5.75 Å². The van der Waals surface area contributed by atoms with Crippen LogP contribution in [0.2, 0.25) is 18.1 Å². The van der Waals surface area contributed by atoms with Crippen molar-refractivity contribution in [3.8, 4) is 5.75 Å². The Balaban J connectivity index is 2.34. The lowest BCUT2D eigenvalue weighted by Crippen LogP contribution is -2.51. The third kappa shape index (κ3) is 8.23. The van der Waals surface area contributed by atoms with Crippen molar-refractivity contribution in [1.29, 1.82) is 0 Å². The highest BCUT2D eigenvalue weighted by Gasteiger charge is 2.43. The standard InChI is InChI=1S/C27H41NO5Si/c1-20(18-29)17-24(33-34(6,7)27(2,3)4)25(26(30)28-22-11-9-8-10-12-22)32-19-21-13-15-23(31-5)16-14-21/h8-16,20,24-25,29H,17-19H2,1-7H3,(H,28,30)/t20-,24+,25+/m1/s1. The molecule has 0 aromatic heterocycles. The largest absolute Gasteiger partial charge is 0.497 e. The summed E-state index contributed by atoms with van der Waals surface area (Å²) in [4.78, 5) is 13.5. The zero-order valence-electron chi connectivity index (χ0n) is 21.6. The molecular formula is C27H41NO5Si. The van der Waals surface area contributed by atoms with Crippen LogP contribution in [-0.4, -0.2) is 45.3 Å². The van der Waals surface area contributed by atoms with Gasteiger partial charge in [0, 0.05) is 12.3 Å². The monoisotopic (exact) mass is 487 g/mol. The average Bonchev–Trinajstić information content (AvgIpc) is 2.79. The molecule has 1 amide bonds. The number of para-hydroxylation sites is 1. The number of aliphatic hydroxyl groups is 1. The number of hydrogen-bond acceptors (Lipinski definition) is 5. The summed E-state index contributed by atoms with van der Waals surface area (Å²) in [6.07, 6.45) is -0.825. The molecule has 0 aliphatic heterocycles. The van der Waals surface area contributed by atoms with E-state index >= 15 is 0 Å². The molecule has 0 fully saturated rings. The van der Waals surface area contributed by atoms with Crippen molar-refractivity contribution >= 4 is 19.9 Å². The molecule has 0 aliphatic carbocycles. The van der Waals surface area contributed by atoms with Crippen LogP contribution in [0.3, 0.4) is 0 Å². The van der Waals surface area contributed by atoms with Crippen LogP contribution in [0, 0.1) is 5.92 Å². The normalized spacial score (nSPS) is 14.8. The highest BCUT2D eigenvalue weighted by molar-refractivity contribution is 6.74. The van der Waals surface area contributed by atoms with Gasteiger partial charge in [0.25, 0.3) is 5.91 Å². The summed E-state index contributed by atoms with van der Waals surface area (Å²) in [5.74, 6) is 0.470. The molecule has 6 nitrogen and oxygen atoms in total. The number of benzene rings is 2. The molecule has 188 valence electrons. The summed E-state index contributed by atoms with van der Waals surface area (Å²) < 4.78 is 18.2. The first kappa shape index (κ1) is 28.0. The van der Waals surface area contributed by atoms with Gasteiger partial charge >= 0.3 is 0 Å². The topological polar surface area (TPSA) is 77.0 Å². The first-order chi connectivity index (χ1) is 16.0. The molecule has 2 aromatic carbocycles. The predicted octanol–water partition coefficient (Wildman–Crippen LogP) is 5.63. The molecule has 2 aromatic rings. The molecule has 0 spiro atoms. The van der Waals surface area contributed by atoms with E-state index < -0.39 is 20.5 Å². The molecule has 34 heavy (non-hydrogen) atoms. The van der Waals surface area contributed by atoms with Gasteiger partial charge in [-0.1, -0.05) is 58.0 Å². The number of carbonyl (C=O) groups is 1. The minimum absolute atomic E-state index is 0.0167. The van der Waals surface area contributed by atoms with E-state index in [1.54, 1.807) is 7.11 Å². The van der Waals surface area contributed by atoms with Crippen molar-refractivity contribution < 1.29 is 23.8 Å². The minimum Gasteiger partial charge on any atom is -0.497 e. The molecule has 0 radical (unpaired) electrons. The minimum atomic E-state index is -2.23. The number of hydrogen-bond donors (Lipinski definition) is 2. The second kappa shape index (κ2) is 12.5. The number of rotatable bonds is 12. The van der Waals surface area contributed by atoms with Crippen molar-refractivity contribution in [2.75, 3.05) is 19.0 Å². The zero-order valence-corrected chi connectivity index (χ0v) is 22.6. The maximum atomic E-state index is 13.5. The lowest BCUT2D eigenvalue weighted by atomic mass is 10.00. The second-order valence-electron chi connectivity index (χ2n) is 10.4. The Bertz CT molecular complexity index is 880. The summed E-state index contributed by atoms with van der Waals surface area (Å²) in [5, 5.41) is 12.7. The summed E-state index contributed by atoms with van der Waals surface area (Å²) in [7, 11) is -0.602. The van der Waals surface area contributed by atoms with Gasteiger partial charge in [-0.3, -0.25) is 4.79 Å². The van der Waals surface area contributed by atoms with Gasteiger partial charge in [0.2, 0.25) is 0 Å². The molecule has 3 atom stereocenters. The van der Waals surface area contributed by atoms with Gasteiger partial charge < -0.3 is 24.3 Å². The van der Waals surface area contributed by atoms with Crippen molar-refractivity contribution in [2.24, 2.45) is 5.92 Å². The Morgan fingerprint density at radius 3 is 2.21 bits per heavy atom. The van der Waals surface area contributed by atoms with Gasteiger partial charge in [0.05, 0.1) is 19.8 Å². The maximum Gasteiger partial charge on any atom is 0.256 e. The SMILES string of the molecule is COc1ccc(CO[C@H](C(=O)Nc2ccccc2)[C@H](C[C@@H](C)CO)O[Si](C)(C)C(C)(C)C)cc1. The molecule has 7 heteroatoms. The quantitative estimate of drug-likeness (QED) is 0.380. The number of methoxy groups -OCH3 is 1. The van der Waals surface area contributed by atoms with E-state index in [4.69, 9.17) is 13.9 Å². The Kier molecular flexibility index (Phi) is 10.3. The van der Waals surface area contributed by atoms with Crippen LogP contribution in [0.5, 0.6) is 5.75 Å². The number of aliphatic hydroxyl groups excluding tert-OH is 1. The van der Waals surface area contributed by atoms with Crippen LogP contribution in [-0.2, 0) is 20.6 Å². The fraction of sp³-hybridized carbons (Fsp3) is 0.519. The van der Waals surface area contributed by atoms with Crippen LogP contribution in [0.4, 0.5) is 5.69 Å². The Morgan fingerprint density at radius 1 is 1.06 bits per heavy atom. The predicted molar refractivity (Wildman–Crippen MR) is 140 cm³/mol. The van der Waals surface area contributed by atoms with Gasteiger partial charge in [-0.2, -0.15) is 0 Å². The molecule has 0 aliphatic rings. The lowest BCUT2D eigenvalue weighted by Gasteiger charge is -2.41. The van der Waals surface area contributed by atoms with E-state index in [-0.39, 0.29) is 30.1 Å². The van der Waals surface area contributed by atoms with E-state index in [0.29, 0.717) is 12.1 Å². The molecule has 2 rings (SSSR count). The molecule has 0 heterocycles. The lowest BCUT2D eigenvalue weighted by molar-refractivity contribution is -0.136. The highest BCUT2D eigenvalue weighted by Crippen LogP contribution is 2.38. The van der Waals surface area contributed by atoms with Crippen LogP contribution < -0.4 is 10.1 Å². The van der Waals surface area contributed by atoms with Crippen LogP contribution >= 0.6 is 0 Å². The van der Waals surface area contributed by atoms with E-state index in [1.807, 2.05) is 61.5 Å². The number of nitrogens with one attached hydrogen (secondary N) is 1. The fourth-order valence-corrected chi connectivity index (χ4v) is 4.58. The third-order valence-electron chi connectivity index (χ3n) is 6.42. The van der Waals surface area contributed by atoms with Gasteiger partial charge in [-0.25, -0.2) is 0 Å². The zero-order chi connectivity index (χ0) is 25.4. The number of ether oxygens (including phenoxy) is 2. The molecule has 0 unspecified atom stereocenters. The summed E-state index contributed by atoms with van der Waals surface area (Å²) >= 11 is 0. The molecule has 0 bridgehead atoms. The first-order valence-electron chi connectivity index (χ1n) is 11.9. The van der Waals surface area contributed by atoms with E-state index in [1.165, 1.54) is 0 Å².